The predicted molar refractivity (Wildman–Crippen MR) is 67.1 cm³/mol. The number of phenols is 1. The maximum Gasteiger partial charge on any atom is 0.153 e. The van der Waals surface area contributed by atoms with Crippen molar-refractivity contribution in [2.45, 2.75) is 26.4 Å². The molecular weight excluding hydrogens is 218 g/mol. The zero-order valence-corrected chi connectivity index (χ0v) is 10.2. The Hall–Kier alpha value is -1.75. The molecule has 0 bridgehead atoms. The minimum absolute atomic E-state index is 0.192. The quantitative estimate of drug-likeness (QED) is 0.312. The van der Waals surface area contributed by atoms with Gasteiger partial charge < -0.3 is 16.0 Å². The number of amidine groups is 1. The van der Waals surface area contributed by atoms with E-state index in [1.807, 2.05) is 26.0 Å². The third kappa shape index (κ3) is 4.32. The zero-order chi connectivity index (χ0) is 12.8. The van der Waals surface area contributed by atoms with Crippen LogP contribution in [-0.4, -0.2) is 33.6 Å². The number of phenolic OH excluding ortho intramolecular Hbond substituents is 1. The summed E-state index contributed by atoms with van der Waals surface area (Å²) < 4.78 is 0. The summed E-state index contributed by atoms with van der Waals surface area (Å²) in [6.07, 6.45) is 0. The van der Waals surface area contributed by atoms with Crippen LogP contribution in [0.4, 0.5) is 0 Å². The first-order valence-electron chi connectivity index (χ1n) is 5.51. The molecule has 5 heteroatoms. The molecule has 0 radical (unpaired) electrons. The van der Waals surface area contributed by atoms with Gasteiger partial charge in [-0.15, -0.1) is 0 Å². The Morgan fingerprint density at radius 2 is 1.94 bits per heavy atom. The number of aromatic hydroxyl groups is 1. The van der Waals surface area contributed by atoms with E-state index in [9.17, 15) is 5.11 Å². The highest BCUT2D eigenvalue weighted by Crippen LogP contribution is 2.12. The molecule has 0 aliphatic carbocycles. The van der Waals surface area contributed by atoms with Gasteiger partial charge >= 0.3 is 0 Å². The standard InChI is InChI=1S/C12H19N3O2/c1-9(2)15(8-12(13)14-17)7-10-3-5-11(16)6-4-10/h3-6,9,16-17H,7-8H2,1-2H3,(H2,13,14). The minimum atomic E-state index is 0.192. The van der Waals surface area contributed by atoms with Gasteiger partial charge in [-0.3, -0.25) is 4.90 Å². The second kappa shape index (κ2) is 6.10. The molecule has 0 aliphatic rings. The van der Waals surface area contributed by atoms with Crippen molar-refractivity contribution in [2.24, 2.45) is 10.9 Å². The van der Waals surface area contributed by atoms with E-state index in [-0.39, 0.29) is 17.6 Å². The molecule has 0 atom stereocenters. The largest absolute Gasteiger partial charge is 0.508 e. The molecule has 0 saturated heterocycles. The lowest BCUT2D eigenvalue weighted by atomic mass is 10.2. The van der Waals surface area contributed by atoms with Crippen molar-refractivity contribution in [2.75, 3.05) is 6.54 Å². The van der Waals surface area contributed by atoms with Crippen LogP contribution in [0.5, 0.6) is 5.75 Å². The van der Waals surface area contributed by atoms with Crippen LogP contribution in [0.3, 0.4) is 0 Å². The van der Waals surface area contributed by atoms with Gasteiger partial charge in [0.25, 0.3) is 0 Å². The number of nitrogens with two attached hydrogens (primary N) is 1. The Balaban J connectivity index is 2.70. The van der Waals surface area contributed by atoms with Gasteiger partial charge in [-0.05, 0) is 31.5 Å². The van der Waals surface area contributed by atoms with Crippen molar-refractivity contribution in [3.05, 3.63) is 29.8 Å². The lowest BCUT2D eigenvalue weighted by Crippen LogP contribution is -2.38. The molecule has 1 aromatic carbocycles. The van der Waals surface area contributed by atoms with Gasteiger partial charge in [0.2, 0.25) is 0 Å². The van der Waals surface area contributed by atoms with Crippen molar-refractivity contribution >= 4 is 5.84 Å². The van der Waals surface area contributed by atoms with Crippen molar-refractivity contribution < 1.29 is 10.3 Å². The number of rotatable bonds is 5. The van der Waals surface area contributed by atoms with Crippen molar-refractivity contribution in [1.29, 1.82) is 0 Å². The molecule has 0 fully saturated rings. The molecule has 94 valence electrons. The second-order valence-electron chi connectivity index (χ2n) is 4.26. The maximum atomic E-state index is 9.20. The van der Waals surface area contributed by atoms with Crippen LogP contribution in [0.25, 0.3) is 0 Å². The second-order valence-corrected chi connectivity index (χ2v) is 4.26. The highest BCUT2D eigenvalue weighted by Gasteiger charge is 2.12. The van der Waals surface area contributed by atoms with E-state index in [1.54, 1.807) is 12.1 Å². The van der Waals surface area contributed by atoms with E-state index < -0.39 is 0 Å². The molecule has 1 rings (SSSR count). The summed E-state index contributed by atoms with van der Waals surface area (Å²) in [6.45, 7) is 5.19. The van der Waals surface area contributed by atoms with E-state index >= 15 is 0 Å². The lowest BCUT2D eigenvalue weighted by molar-refractivity contribution is 0.238. The number of benzene rings is 1. The van der Waals surface area contributed by atoms with E-state index in [0.717, 1.165) is 5.56 Å². The third-order valence-electron chi connectivity index (χ3n) is 2.55. The fourth-order valence-electron chi connectivity index (χ4n) is 1.50. The molecule has 5 nitrogen and oxygen atoms in total. The first-order valence-corrected chi connectivity index (χ1v) is 5.51. The summed E-state index contributed by atoms with van der Waals surface area (Å²) >= 11 is 0. The summed E-state index contributed by atoms with van der Waals surface area (Å²) in [5, 5.41) is 20.7. The molecule has 0 aromatic heterocycles. The van der Waals surface area contributed by atoms with E-state index in [1.165, 1.54) is 0 Å². The maximum absolute atomic E-state index is 9.20. The molecule has 0 heterocycles. The summed E-state index contributed by atoms with van der Waals surface area (Å²) in [5.74, 6) is 0.443. The van der Waals surface area contributed by atoms with Gasteiger partial charge in [-0.25, -0.2) is 0 Å². The molecule has 17 heavy (non-hydrogen) atoms. The number of nitrogens with zero attached hydrogens (tertiary/aromatic N) is 2. The molecule has 0 saturated carbocycles. The summed E-state index contributed by atoms with van der Waals surface area (Å²) in [6, 6.07) is 7.30. The first kappa shape index (κ1) is 13.3. The Labute approximate surface area is 101 Å². The minimum Gasteiger partial charge on any atom is -0.508 e. The van der Waals surface area contributed by atoms with Crippen LogP contribution in [0.2, 0.25) is 0 Å². The number of oxime groups is 1. The van der Waals surface area contributed by atoms with E-state index in [0.29, 0.717) is 13.1 Å². The van der Waals surface area contributed by atoms with Gasteiger partial charge in [0.1, 0.15) is 5.75 Å². The topological polar surface area (TPSA) is 82.1 Å². The summed E-state index contributed by atoms with van der Waals surface area (Å²) in [4.78, 5) is 2.07. The average molecular weight is 237 g/mol. The van der Waals surface area contributed by atoms with Gasteiger partial charge in [0.15, 0.2) is 5.84 Å². The van der Waals surface area contributed by atoms with E-state index in [2.05, 4.69) is 10.1 Å². The average Bonchev–Trinajstić information content (AvgIpc) is 2.30. The van der Waals surface area contributed by atoms with Crippen LogP contribution >= 0.6 is 0 Å². The van der Waals surface area contributed by atoms with Crippen LogP contribution < -0.4 is 5.73 Å². The zero-order valence-electron chi connectivity index (χ0n) is 10.2. The third-order valence-corrected chi connectivity index (χ3v) is 2.55. The SMILES string of the molecule is CC(C)N(CC(N)=NO)Cc1ccc(O)cc1. The van der Waals surface area contributed by atoms with Gasteiger partial charge in [-0.2, -0.15) is 0 Å². The monoisotopic (exact) mass is 237 g/mol. The molecule has 0 amide bonds. The lowest BCUT2D eigenvalue weighted by Gasteiger charge is -2.25. The smallest absolute Gasteiger partial charge is 0.153 e. The Kier molecular flexibility index (Phi) is 4.78. The van der Waals surface area contributed by atoms with Crippen molar-refractivity contribution in [3.63, 3.8) is 0 Å². The molecule has 0 aliphatic heterocycles. The van der Waals surface area contributed by atoms with Crippen LogP contribution in [0.1, 0.15) is 19.4 Å². The normalized spacial score (nSPS) is 12.4. The first-order chi connectivity index (χ1) is 8.02. The van der Waals surface area contributed by atoms with Crippen molar-refractivity contribution in [1.82, 2.24) is 4.90 Å². The fraction of sp³-hybridized carbons (Fsp3) is 0.417. The van der Waals surface area contributed by atoms with Gasteiger partial charge in [-0.1, -0.05) is 17.3 Å². The fourth-order valence-corrected chi connectivity index (χ4v) is 1.50. The number of hydrogen-bond donors (Lipinski definition) is 3. The predicted octanol–water partition coefficient (Wildman–Crippen LogP) is 1.35. The van der Waals surface area contributed by atoms with Crippen LogP contribution in [0.15, 0.2) is 29.4 Å². The molecule has 4 N–H and O–H groups in total. The Bertz CT molecular complexity index is 374. The van der Waals surface area contributed by atoms with Crippen LogP contribution in [-0.2, 0) is 6.54 Å². The molecular formula is C12H19N3O2. The number of hydrogen-bond acceptors (Lipinski definition) is 4. The Morgan fingerprint density at radius 3 is 2.41 bits per heavy atom. The summed E-state index contributed by atoms with van der Waals surface area (Å²) in [5.41, 5.74) is 6.58. The van der Waals surface area contributed by atoms with Gasteiger partial charge in [0, 0.05) is 12.6 Å². The highest BCUT2D eigenvalue weighted by molar-refractivity contribution is 5.81. The molecule has 0 spiro atoms. The van der Waals surface area contributed by atoms with Crippen molar-refractivity contribution in [3.8, 4) is 5.75 Å². The highest BCUT2D eigenvalue weighted by atomic mass is 16.4. The summed E-state index contributed by atoms with van der Waals surface area (Å²) in [7, 11) is 0. The molecule has 1 aromatic rings. The molecule has 0 unspecified atom stereocenters. The van der Waals surface area contributed by atoms with Crippen LogP contribution in [0, 0.1) is 0 Å². The Morgan fingerprint density at radius 1 is 1.35 bits per heavy atom. The van der Waals surface area contributed by atoms with E-state index in [4.69, 9.17) is 10.9 Å². The van der Waals surface area contributed by atoms with Gasteiger partial charge in [0.05, 0.1) is 6.54 Å².